The van der Waals surface area contributed by atoms with Crippen LogP contribution in [0.3, 0.4) is 0 Å². The number of rotatable bonds is 4. The third-order valence-corrected chi connectivity index (χ3v) is 2.63. The molecule has 0 aliphatic heterocycles. The predicted octanol–water partition coefficient (Wildman–Crippen LogP) is 0.875. The minimum absolute atomic E-state index is 0.142. The van der Waals surface area contributed by atoms with Gasteiger partial charge in [-0.25, -0.2) is 4.68 Å². The van der Waals surface area contributed by atoms with Crippen LogP contribution in [0.25, 0.3) is 5.69 Å². The molecule has 2 rings (SSSR count). The van der Waals surface area contributed by atoms with Gasteiger partial charge in [0.15, 0.2) is 0 Å². The van der Waals surface area contributed by atoms with Gasteiger partial charge in [-0.15, -0.1) is 5.10 Å². The highest BCUT2D eigenvalue weighted by Crippen LogP contribution is 2.12. The first kappa shape index (κ1) is 12.5. The zero-order valence-corrected chi connectivity index (χ0v) is 10.1. The summed E-state index contributed by atoms with van der Waals surface area (Å²) in [4.78, 5) is 10.6. The molecule has 1 heterocycles. The molecule has 6 nitrogen and oxygen atoms in total. The van der Waals surface area contributed by atoms with Gasteiger partial charge in [0, 0.05) is 11.4 Å². The number of carboxylic acids is 1. The molecule has 0 aliphatic carbocycles. The van der Waals surface area contributed by atoms with Crippen molar-refractivity contribution in [1.29, 1.82) is 0 Å². The average molecular weight is 267 g/mol. The van der Waals surface area contributed by atoms with Crippen molar-refractivity contribution in [1.82, 2.24) is 15.0 Å². The topological polar surface area (TPSA) is 94.0 Å². The van der Waals surface area contributed by atoms with Gasteiger partial charge in [0.25, 0.3) is 0 Å². The number of carbonyl (C=O) groups is 1. The molecule has 0 amide bonds. The van der Waals surface area contributed by atoms with Crippen LogP contribution in [0.15, 0.2) is 30.5 Å². The maximum Gasteiger partial charge on any atom is 0.320 e. The van der Waals surface area contributed by atoms with Crippen molar-refractivity contribution >= 4 is 17.6 Å². The first-order valence-electron chi connectivity index (χ1n) is 5.22. The Morgan fingerprint density at radius 3 is 2.72 bits per heavy atom. The van der Waals surface area contributed by atoms with E-state index < -0.39 is 12.0 Å². The first-order valence-corrected chi connectivity index (χ1v) is 5.59. The van der Waals surface area contributed by atoms with Crippen LogP contribution in [0, 0.1) is 0 Å². The Hall–Kier alpha value is -1.92. The third kappa shape index (κ3) is 2.85. The molecule has 1 atom stereocenters. The zero-order chi connectivity index (χ0) is 13.1. The molecule has 1 unspecified atom stereocenters. The summed E-state index contributed by atoms with van der Waals surface area (Å²) in [6.45, 7) is 0. The van der Waals surface area contributed by atoms with Crippen LogP contribution >= 0.6 is 11.6 Å². The summed E-state index contributed by atoms with van der Waals surface area (Å²) in [7, 11) is 0. The molecule has 0 saturated carbocycles. The molecule has 3 N–H and O–H groups in total. The molecule has 7 heteroatoms. The average Bonchev–Trinajstić information content (AvgIpc) is 2.78. The Labute approximate surface area is 108 Å². The number of hydrogen-bond acceptors (Lipinski definition) is 4. The maximum atomic E-state index is 10.6. The largest absolute Gasteiger partial charge is 0.480 e. The van der Waals surface area contributed by atoms with E-state index in [1.54, 1.807) is 35.1 Å². The lowest BCUT2D eigenvalue weighted by Crippen LogP contribution is -2.32. The summed E-state index contributed by atoms with van der Waals surface area (Å²) in [5.74, 6) is -1.06. The smallest absolute Gasteiger partial charge is 0.320 e. The van der Waals surface area contributed by atoms with Crippen molar-refractivity contribution < 1.29 is 9.90 Å². The molecule has 94 valence electrons. The second-order valence-electron chi connectivity index (χ2n) is 3.78. The van der Waals surface area contributed by atoms with Crippen LogP contribution < -0.4 is 5.73 Å². The van der Waals surface area contributed by atoms with Crippen molar-refractivity contribution in [3.8, 4) is 5.69 Å². The van der Waals surface area contributed by atoms with E-state index in [4.69, 9.17) is 22.4 Å². The van der Waals surface area contributed by atoms with Crippen molar-refractivity contribution in [2.45, 2.75) is 12.5 Å². The molecule has 0 bridgehead atoms. The number of halogens is 1. The van der Waals surface area contributed by atoms with E-state index in [1.807, 2.05) is 0 Å². The molecular formula is C11H11ClN4O2. The van der Waals surface area contributed by atoms with E-state index >= 15 is 0 Å². The van der Waals surface area contributed by atoms with Gasteiger partial charge in [-0.3, -0.25) is 4.79 Å². The normalized spacial score (nSPS) is 12.3. The Bertz CT molecular complexity index is 552. The second-order valence-corrected chi connectivity index (χ2v) is 4.22. The van der Waals surface area contributed by atoms with Gasteiger partial charge in [0.1, 0.15) is 6.04 Å². The number of hydrogen-bond donors (Lipinski definition) is 2. The first-order chi connectivity index (χ1) is 8.56. The third-order valence-electron chi connectivity index (χ3n) is 2.38. The van der Waals surface area contributed by atoms with Gasteiger partial charge in [-0.2, -0.15) is 0 Å². The van der Waals surface area contributed by atoms with Crippen LogP contribution in [0.2, 0.25) is 5.02 Å². The second kappa shape index (κ2) is 5.16. The van der Waals surface area contributed by atoms with Gasteiger partial charge in [0.2, 0.25) is 0 Å². The van der Waals surface area contributed by atoms with Crippen molar-refractivity contribution in [2.75, 3.05) is 0 Å². The van der Waals surface area contributed by atoms with Crippen molar-refractivity contribution in [3.63, 3.8) is 0 Å². The highest BCUT2D eigenvalue weighted by atomic mass is 35.5. The summed E-state index contributed by atoms with van der Waals surface area (Å²) in [6, 6.07) is 6.08. The van der Waals surface area contributed by atoms with Crippen LogP contribution in [0.1, 0.15) is 5.69 Å². The van der Waals surface area contributed by atoms with Gasteiger partial charge in [0.05, 0.1) is 17.6 Å². The lowest BCUT2D eigenvalue weighted by Gasteiger charge is -2.01. The summed E-state index contributed by atoms with van der Waals surface area (Å²) in [5, 5.41) is 17.1. The monoisotopic (exact) mass is 266 g/mol. The Balaban J connectivity index is 2.15. The van der Waals surface area contributed by atoms with Crippen molar-refractivity contribution in [3.05, 3.63) is 41.2 Å². The number of nitrogens with zero attached hydrogens (tertiary/aromatic N) is 3. The van der Waals surface area contributed by atoms with Gasteiger partial charge < -0.3 is 10.8 Å². The zero-order valence-electron chi connectivity index (χ0n) is 9.32. The number of carboxylic acid groups (broad SMARTS) is 1. The highest BCUT2D eigenvalue weighted by molar-refractivity contribution is 6.30. The minimum atomic E-state index is -1.06. The van der Waals surface area contributed by atoms with Crippen LogP contribution in [0.5, 0.6) is 0 Å². The Kier molecular flexibility index (Phi) is 3.59. The minimum Gasteiger partial charge on any atom is -0.480 e. The Morgan fingerprint density at radius 1 is 1.44 bits per heavy atom. The molecule has 2 aromatic rings. The number of benzene rings is 1. The molecule has 0 spiro atoms. The SMILES string of the molecule is NC(Cc1cn(-c2ccc(Cl)cc2)nn1)C(=O)O. The number of nitrogens with two attached hydrogens (primary N) is 1. The van der Waals surface area contributed by atoms with E-state index in [0.717, 1.165) is 5.69 Å². The van der Waals surface area contributed by atoms with Crippen molar-refractivity contribution in [2.24, 2.45) is 5.73 Å². The van der Waals surface area contributed by atoms with Crippen LogP contribution in [-0.4, -0.2) is 32.1 Å². The van der Waals surface area contributed by atoms with E-state index in [0.29, 0.717) is 10.7 Å². The van der Waals surface area contributed by atoms with E-state index in [-0.39, 0.29) is 6.42 Å². The van der Waals surface area contributed by atoms with Crippen LogP contribution in [0.4, 0.5) is 0 Å². The van der Waals surface area contributed by atoms with E-state index in [1.165, 1.54) is 0 Å². The summed E-state index contributed by atoms with van der Waals surface area (Å²) in [6.07, 6.45) is 1.79. The number of aromatic nitrogens is 3. The van der Waals surface area contributed by atoms with Gasteiger partial charge in [-0.1, -0.05) is 16.8 Å². The molecule has 1 aromatic heterocycles. The quantitative estimate of drug-likeness (QED) is 0.856. The van der Waals surface area contributed by atoms with E-state index in [2.05, 4.69) is 10.3 Å². The molecule has 0 radical (unpaired) electrons. The summed E-state index contributed by atoms with van der Waals surface area (Å²) >= 11 is 5.78. The molecular weight excluding hydrogens is 256 g/mol. The standard InChI is InChI=1S/C11H11ClN4O2/c12-7-1-3-9(4-2-7)16-6-8(14-15-16)5-10(13)11(17)18/h1-4,6,10H,5,13H2,(H,17,18). The van der Waals surface area contributed by atoms with Gasteiger partial charge >= 0.3 is 5.97 Å². The molecule has 1 aromatic carbocycles. The molecule has 0 saturated heterocycles. The lowest BCUT2D eigenvalue weighted by molar-refractivity contribution is -0.138. The summed E-state index contributed by atoms with van der Waals surface area (Å²) in [5.41, 5.74) is 6.74. The highest BCUT2D eigenvalue weighted by Gasteiger charge is 2.14. The van der Waals surface area contributed by atoms with E-state index in [9.17, 15) is 4.79 Å². The molecule has 0 fully saturated rings. The van der Waals surface area contributed by atoms with Crippen LogP contribution in [-0.2, 0) is 11.2 Å². The molecule has 18 heavy (non-hydrogen) atoms. The fraction of sp³-hybridized carbons (Fsp3) is 0.182. The fourth-order valence-corrected chi connectivity index (χ4v) is 1.55. The fourth-order valence-electron chi connectivity index (χ4n) is 1.42. The predicted molar refractivity (Wildman–Crippen MR) is 65.7 cm³/mol. The summed E-state index contributed by atoms with van der Waals surface area (Å²) < 4.78 is 1.54. The Morgan fingerprint density at radius 2 is 2.11 bits per heavy atom. The van der Waals surface area contributed by atoms with Gasteiger partial charge in [-0.05, 0) is 24.3 Å². The lowest BCUT2D eigenvalue weighted by atomic mass is 10.2. The molecule has 0 aliphatic rings. The number of aliphatic carboxylic acids is 1. The maximum absolute atomic E-state index is 10.6.